The molecule has 146 valence electrons. The van der Waals surface area contributed by atoms with Crippen molar-refractivity contribution in [1.82, 2.24) is 19.6 Å². The number of aryl methyl sites for hydroxylation is 2. The number of hydrogen-bond acceptors (Lipinski definition) is 4. The van der Waals surface area contributed by atoms with Crippen LogP contribution in [0, 0.1) is 0 Å². The van der Waals surface area contributed by atoms with Gasteiger partial charge < -0.3 is 5.32 Å². The minimum atomic E-state index is -0.205. The molecule has 2 heterocycles. The number of hydrogen-bond donors (Lipinski definition) is 1. The molecule has 0 aliphatic carbocycles. The maximum Gasteiger partial charge on any atom is 0.291 e. The van der Waals surface area contributed by atoms with E-state index in [0.717, 1.165) is 16.9 Å². The van der Waals surface area contributed by atoms with E-state index < -0.39 is 0 Å². The Morgan fingerprint density at radius 2 is 1.86 bits per heavy atom. The fourth-order valence-corrected chi connectivity index (χ4v) is 3.47. The van der Waals surface area contributed by atoms with Gasteiger partial charge in [-0.25, -0.2) is 4.68 Å². The number of anilines is 2. The molecule has 0 aliphatic rings. The molecular weight excluding hydrogens is 386 g/mol. The zero-order chi connectivity index (χ0) is 20.4. The van der Waals surface area contributed by atoms with Gasteiger partial charge in [-0.05, 0) is 31.2 Å². The summed E-state index contributed by atoms with van der Waals surface area (Å²) in [7, 11) is 1.85. The Balaban J connectivity index is 2.04. The Labute approximate surface area is 173 Å². The average molecular weight is 406 g/mol. The zero-order valence-corrected chi connectivity index (χ0v) is 16.9. The van der Waals surface area contributed by atoms with E-state index in [-0.39, 0.29) is 5.56 Å². The minimum Gasteiger partial charge on any atom is -0.350 e. The van der Waals surface area contributed by atoms with Gasteiger partial charge in [-0.1, -0.05) is 48.0 Å². The lowest BCUT2D eigenvalue weighted by atomic mass is 10.0. The molecule has 0 saturated carbocycles. The molecule has 0 atom stereocenters. The largest absolute Gasteiger partial charge is 0.350 e. The van der Waals surface area contributed by atoms with Crippen LogP contribution in [-0.4, -0.2) is 19.6 Å². The predicted molar refractivity (Wildman–Crippen MR) is 117 cm³/mol. The van der Waals surface area contributed by atoms with Gasteiger partial charge in [-0.2, -0.15) is 10.2 Å². The van der Waals surface area contributed by atoms with Gasteiger partial charge in [0.2, 0.25) is 0 Å². The SMILES string of the molecule is CCn1nc(-c2ccccc2)c(-c2ccnn2C)c(Nc2cccc(Cl)c2)c1=O. The number of nitrogens with one attached hydrogen (secondary N) is 1. The van der Waals surface area contributed by atoms with Crippen LogP contribution in [0.3, 0.4) is 0 Å². The van der Waals surface area contributed by atoms with E-state index in [2.05, 4.69) is 15.5 Å². The lowest BCUT2D eigenvalue weighted by molar-refractivity contribution is 0.621. The molecule has 6 nitrogen and oxygen atoms in total. The first-order chi connectivity index (χ1) is 14.1. The third kappa shape index (κ3) is 3.67. The molecule has 2 aromatic carbocycles. The van der Waals surface area contributed by atoms with Crippen molar-refractivity contribution in [3.05, 3.63) is 82.2 Å². The van der Waals surface area contributed by atoms with Crippen LogP contribution in [0.5, 0.6) is 0 Å². The van der Waals surface area contributed by atoms with Crippen LogP contribution >= 0.6 is 11.6 Å². The van der Waals surface area contributed by atoms with E-state index >= 15 is 0 Å². The molecule has 1 N–H and O–H groups in total. The van der Waals surface area contributed by atoms with E-state index in [1.165, 1.54) is 4.68 Å². The molecule has 29 heavy (non-hydrogen) atoms. The van der Waals surface area contributed by atoms with Crippen molar-refractivity contribution in [1.29, 1.82) is 0 Å². The van der Waals surface area contributed by atoms with Crippen molar-refractivity contribution in [2.45, 2.75) is 13.5 Å². The Bertz CT molecular complexity index is 1210. The van der Waals surface area contributed by atoms with E-state index in [1.807, 2.05) is 62.5 Å². The zero-order valence-electron chi connectivity index (χ0n) is 16.1. The third-order valence-corrected chi connectivity index (χ3v) is 4.91. The summed E-state index contributed by atoms with van der Waals surface area (Å²) < 4.78 is 3.21. The number of halogens is 1. The predicted octanol–water partition coefficient (Wildman–Crippen LogP) is 4.73. The summed E-state index contributed by atoms with van der Waals surface area (Å²) >= 11 is 6.15. The Kier molecular flexibility index (Phi) is 5.18. The highest BCUT2D eigenvalue weighted by Crippen LogP contribution is 2.35. The highest BCUT2D eigenvalue weighted by atomic mass is 35.5. The van der Waals surface area contributed by atoms with Crippen molar-refractivity contribution in [3.8, 4) is 22.5 Å². The van der Waals surface area contributed by atoms with Crippen LogP contribution in [0.25, 0.3) is 22.5 Å². The first kappa shape index (κ1) is 19.0. The lowest BCUT2D eigenvalue weighted by Gasteiger charge is -2.18. The number of benzene rings is 2. The van der Waals surface area contributed by atoms with Crippen molar-refractivity contribution in [2.24, 2.45) is 7.05 Å². The summed E-state index contributed by atoms with van der Waals surface area (Å²) in [5, 5.41) is 12.8. The van der Waals surface area contributed by atoms with Gasteiger partial charge in [0.25, 0.3) is 5.56 Å². The molecule has 2 aromatic heterocycles. The number of rotatable bonds is 5. The summed E-state index contributed by atoms with van der Waals surface area (Å²) in [5.74, 6) is 0. The molecule has 0 aliphatic heterocycles. The normalized spacial score (nSPS) is 10.9. The highest BCUT2D eigenvalue weighted by molar-refractivity contribution is 6.30. The van der Waals surface area contributed by atoms with Crippen molar-refractivity contribution >= 4 is 23.0 Å². The van der Waals surface area contributed by atoms with E-state index in [1.54, 1.807) is 23.0 Å². The molecule has 0 bridgehead atoms. The monoisotopic (exact) mass is 405 g/mol. The summed E-state index contributed by atoms with van der Waals surface area (Å²) in [5.41, 5.74) is 4.08. The molecule has 4 rings (SSSR count). The minimum absolute atomic E-state index is 0.205. The molecule has 0 spiro atoms. The highest BCUT2D eigenvalue weighted by Gasteiger charge is 2.22. The summed E-state index contributed by atoms with van der Waals surface area (Å²) in [4.78, 5) is 13.3. The Morgan fingerprint density at radius 3 is 2.52 bits per heavy atom. The van der Waals surface area contributed by atoms with Crippen LogP contribution in [0.1, 0.15) is 6.92 Å². The van der Waals surface area contributed by atoms with Crippen LogP contribution in [0.2, 0.25) is 5.02 Å². The topological polar surface area (TPSA) is 64.7 Å². The van der Waals surface area contributed by atoms with Crippen molar-refractivity contribution < 1.29 is 0 Å². The van der Waals surface area contributed by atoms with Crippen LogP contribution < -0.4 is 10.9 Å². The van der Waals surface area contributed by atoms with E-state index in [0.29, 0.717) is 28.5 Å². The maximum atomic E-state index is 13.3. The van der Waals surface area contributed by atoms with Gasteiger partial charge >= 0.3 is 0 Å². The summed E-state index contributed by atoms with van der Waals surface area (Å²) in [6.45, 7) is 2.35. The molecule has 0 amide bonds. The first-order valence-corrected chi connectivity index (χ1v) is 9.67. The molecule has 4 aromatic rings. The average Bonchev–Trinajstić information content (AvgIpc) is 3.15. The quantitative estimate of drug-likeness (QED) is 0.521. The van der Waals surface area contributed by atoms with Gasteiger partial charge in [0.05, 0.1) is 11.3 Å². The van der Waals surface area contributed by atoms with E-state index in [4.69, 9.17) is 11.6 Å². The second kappa shape index (κ2) is 7.93. The van der Waals surface area contributed by atoms with Gasteiger partial charge in [0.1, 0.15) is 11.4 Å². The van der Waals surface area contributed by atoms with Crippen LogP contribution in [0.4, 0.5) is 11.4 Å². The van der Waals surface area contributed by atoms with Gasteiger partial charge in [-0.3, -0.25) is 9.48 Å². The molecular formula is C22H20ClN5O. The smallest absolute Gasteiger partial charge is 0.291 e. The van der Waals surface area contributed by atoms with Crippen LogP contribution in [-0.2, 0) is 13.6 Å². The maximum absolute atomic E-state index is 13.3. The summed E-state index contributed by atoms with van der Waals surface area (Å²) in [6, 6.07) is 19.0. The second-order valence-corrected chi connectivity index (χ2v) is 7.00. The number of aromatic nitrogens is 4. The third-order valence-electron chi connectivity index (χ3n) is 4.67. The molecule has 7 heteroatoms. The molecule has 0 fully saturated rings. The van der Waals surface area contributed by atoms with Gasteiger partial charge in [-0.15, -0.1) is 0 Å². The fraction of sp³-hybridized carbons (Fsp3) is 0.136. The Morgan fingerprint density at radius 1 is 1.07 bits per heavy atom. The number of nitrogens with zero attached hydrogens (tertiary/aromatic N) is 4. The van der Waals surface area contributed by atoms with Crippen molar-refractivity contribution in [3.63, 3.8) is 0 Å². The first-order valence-electron chi connectivity index (χ1n) is 9.30. The second-order valence-electron chi connectivity index (χ2n) is 6.56. The van der Waals surface area contributed by atoms with E-state index in [9.17, 15) is 4.79 Å². The lowest BCUT2D eigenvalue weighted by Crippen LogP contribution is -2.26. The van der Waals surface area contributed by atoms with Gasteiger partial charge in [0.15, 0.2) is 0 Å². The van der Waals surface area contributed by atoms with Gasteiger partial charge in [0, 0.05) is 36.1 Å². The standard InChI is InChI=1S/C22H20ClN5O/c1-3-28-22(29)21(25-17-11-7-10-16(23)14-17)19(18-12-13-24-27(18)2)20(26-28)15-8-5-4-6-9-15/h4-14,25H,3H2,1-2H3. The molecule has 0 radical (unpaired) electrons. The molecule has 0 saturated heterocycles. The Hall–Kier alpha value is -3.38. The summed E-state index contributed by atoms with van der Waals surface area (Å²) in [6.07, 6.45) is 1.71. The molecule has 0 unspecified atom stereocenters. The van der Waals surface area contributed by atoms with Crippen LogP contribution in [0.15, 0.2) is 71.7 Å². The fourth-order valence-electron chi connectivity index (χ4n) is 3.28. The van der Waals surface area contributed by atoms with Crippen molar-refractivity contribution in [2.75, 3.05) is 5.32 Å².